The molecule has 1 saturated heterocycles. The van der Waals surface area contributed by atoms with Crippen molar-refractivity contribution in [3.05, 3.63) is 24.0 Å². The van der Waals surface area contributed by atoms with Crippen LogP contribution in [0.15, 0.2) is 24.0 Å². The van der Waals surface area contributed by atoms with Gasteiger partial charge in [-0.3, -0.25) is 4.79 Å². The quantitative estimate of drug-likeness (QED) is 0.349. The summed E-state index contributed by atoms with van der Waals surface area (Å²) in [5, 5.41) is 0. The molecule has 2 aliphatic rings. The Bertz CT molecular complexity index is 540. The molecule has 0 aromatic carbocycles. The Labute approximate surface area is 159 Å². The number of amides is 1. The summed E-state index contributed by atoms with van der Waals surface area (Å²) in [5.74, 6) is 0.787. The Hall–Kier alpha value is -1.11. The Morgan fingerprint density at radius 2 is 2.12 bits per heavy atom. The lowest BCUT2D eigenvalue weighted by molar-refractivity contribution is -0.144. The Balaban J connectivity index is 2.18. The summed E-state index contributed by atoms with van der Waals surface area (Å²) in [7, 11) is 2.17. The molecular weight excluding hydrogens is 346 g/mol. The van der Waals surface area contributed by atoms with E-state index in [1.165, 1.54) is 0 Å². The van der Waals surface area contributed by atoms with Crippen LogP contribution < -0.4 is 0 Å². The minimum Gasteiger partial charge on any atom is -0.500 e. The minimum atomic E-state index is -1.17. The van der Waals surface area contributed by atoms with Gasteiger partial charge in [0.1, 0.15) is 11.2 Å². The first-order valence-corrected chi connectivity index (χ1v) is 13.3. The van der Waals surface area contributed by atoms with E-state index in [1.54, 1.807) is 14.2 Å². The van der Waals surface area contributed by atoms with E-state index in [4.69, 9.17) is 14.2 Å². The molecule has 0 aromatic rings. The van der Waals surface area contributed by atoms with Crippen LogP contribution in [0.25, 0.3) is 0 Å². The van der Waals surface area contributed by atoms with Crippen molar-refractivity contribution in [2.45, 2.75) is 51.0 Å². The van der Waals surface area contributed by atoms with Gasteiger partial charge in [-0.1, -0.05) is 31.8 Å². The van der Waals surface area contributed by atoms with Crippen molar-refractivity contribution in [3.8, 4) is 0 Å². The van der Waals surface area contributed by atoms with Gasteiger partial charge in [-0.15, -0.1) is 0 Å². The van der Waals surface area contributed by atoms with E-state index in [2.05, 4.69) is 19.6 Å². The second-order valence-electron chi connectivity index (χ2n) is 8.50. The zero-order chi connectivity index (χ0) is 19.2. The van der Waals surface area contributed by atoms with Crippen molar-refractivity contribution in [2.75, 3.05) is 40.6 Å². The molecule has 1 aliphatic carbocycles. The number of carbonyl (C=O) groups is 1. The predicted octanol–water partition coefficient (Wildman–Crippen LogP) is 3.46. The number of rotatable bonds is 9. The fraction of sp³-hybridized carbons (Fsp3) is 0.750. The fourth-order valence-corrected chi connectivity index (χ4v) is 4.42. The number of nitrogens with zero attached hydrogens (tertiary/aromatic N) is 1. The number of likely N-dealkylation sites (tertiary alicyclic amines) is 1. The third kappa shape index (κ3) is 4.99. The van der Waals surface area contributed by atoms with E-state index < -0.39 is 13.5 Å². The van der Waals surface area contributed by atoms with E-state index in [9.17, 15) is 4.79 Å². The first kappa shape index (κ1) is 21.2. The SMILES string of the molecule is COC[C@@H]1CCCN1C(=O)[C@]1(COCC[Si](C)(C)C)C=CCC=C1OC. The summed E-state index contributed by atoms with van der Waals surface area (Å²) in [6.45, 7) is 9.37. The van der Waals surface area contributed by atoms with Gasteiger partial charge in [0.25, 0.3) is 0 Å². The van der Waals surface area contributed by atoms with Crippen LogP contribution in [0, 0.1) is 5.41 Å². The molecule has 26 heavy (non-hydrogen) atoms. The summed E-state index contributed by atoms with van der Waals surface area (Å²) >= 11 is 0. The molecule has 0 saturated carbocycles. The smallest absolute Gasteiger partial charge is 0.243 e. The van der Waals surface area contributed by atoms with Gasteiger partial charge in [0.05, 0.1) is 26.4 Å². The molecule has 0 spiro atoms. The highest BCUT2D eigenvalue weighted by molar-refractivity contribution is 6.76. The van der Waals surface area contributed by atoms with E-state index in [1.807, 2.05) is 23.1 Å². The van der Waals surface area contributed by atoms with E-state index >= 15 is 0 Å². The Kier molecular flexibility index (Phi) is 7.49. The van der Waals surface area contributed by atoms with E-state index in [0.29, 0.717) is 25.6 Å². The Morgan fingerprint density at radius 1 is 1.35 bits per heavy atom. The van der Waals surface area contributed by atoms with Crippen LogP contribution in [0.1, 0.15) is 19.3 Å². The monoisotopic (exact) mass is 381 g/mol. The molecule has 1 heterocycles. The average Bonchev–Trinajstić information content (AvgIpc) is 3.06. The standard InChI is InChI=1S/C20H35NO4Si/c1-23-15-17-9-8-12-21(17)19(22)20(11-7-6-10-18(20)24-2)16-25-13-14-26(3,4)5/h7,10-11,17H,6,8-9,12-16H2,1-5H3/t17-,20-/m0/s1. The van der Waals surface area contributed by atoms with Crippen LogP contribution in [0.4, 0.5) is 0 Å². The Morgan fingerprint density at radius 3 is 2.77 bits per heavy atom. The number of hydrogen-bond acceptors (Lipinski definition) is 4. The number of hydrogen-bond donors (Lipinski definition) is 0. The molecule has 1 fully saturated rings. The van der Waals surface area contributed by atoms with Crippen LogP contribution in [0.2, 0.25) is 25.7 Å². The van der Waals surface area contributed by atoms with Crippen LogP contribution in [0.3, 0.4) is 0 Å². The highest BCUT2D eigenvalue weighted by Gasteiger charge is 2.47. The highest BCUT2D eigenvalue weighted by atomic mass is 28.3. The van der Waals surface area contributed by atoms with Gasteiger partial charge in [0, 0.05) is 28.3 Å². The first-order chi connectivity index (χ1) is 12.3. The van der Waals surface area contributed by atoms with Crippen molar-refractivity contribution in [2.24, 2.45) is 5.41 Å². The zero-order valence-corrected chi connectivity index (χ0v) is 18.0. The molecule has 5 nitrogen and oxygen atoms in total. The topological polar surface area (TPSA) is 48.0 Å². The van der Waals surface area contributed by atoms with Gasteiger partial charge in [-0.25, -0.2) is 0 Å². The van der Waals surface area contributed by atoms with Crippen molar-refractivity contribution in [1.29, 1.82) is 0 Å². The average molecular weight is 382 g/mol. The van der Waals surface area contributed by atoms with Gasteiger partial charge in [0.2, 0.25) is 5.91 Å². The molecule has 1 aliphatic heterocycles. The van der Waals surface area contributed by atoms with Crippen LogP contribution in [-0.2, 0) is 19.0 Å². The maximum atomic E-state index is 13.6. The molecule has 0 N–H and O–H groups in total. The van der Waals surface area contributed by atoms with E-state index in [0.717, 1.165) is 31.9 Å². The third-order valence-electron chi connectivity index (χ3n) is 5.21. The molecule has 6 heteroatoms. The molecule has 148 valence electrons. The number of ether oxygens (including phenoxy) is 3. The van der Waals surface area contributed by atoms with Gasteiger partial charge in [0.15, 0.2) is 0 Å². The fourth-order valence-electron chi connectivity index (χ4n) is 3.67. The zero-order valence-electron chi connectivity index (χ0n) is 17.0. The maximum absolute atomic E-state index is 13.6. The molecule has 0 unspecified atom stereocenters. The predicted molar refractivity (Wildman–Crippen MR) is 107 cm³/mol. The summed E-state index contributed by atoms with van der Waals surface area (Å²) in [6.07, 6.45) is 8.83. The minimum absolute atomic E-state index is 0.0779. The lowest BCUT2D eigenvalue weighted by Crippen LogP contribution is -2.50. The number of allylic oxidation sites excluding steroid dienone is 2. The van der Waals surface area contributed by atoms with Gasteiger partial charge < -0.3 is 19.1 Å². The van der Waals surface area contributed by atoms with Crippen LogP contribution in [0.5, 0.6) is 0 Å². The van der Waals surface area contributed by atoms with Crippen molar-refractivity contribution >= 4 is 14.0 Å². The summed E-state index contributed by atoms with van der Waals surface area (Å²) < 4.78 is 17.0. The highest BCUT2D eigenvalue weighted by Crippen LogP contribution is 2.38. The van der Waals surface area contributed by atoms with Crippen LogP contribution >= 0.6 is 0 Å². The molecule has 2 atom stereocenters. The van der Waals surface area contributed by atoms with Crippen molar-refractivity contribution < 1.29 is 19.0 Å². The maximum Gasteiger partial charge on any atom is 0.243 e. The number of methoxy groups -OCH3 is 2. The first-order valence-electron chi connectivity index (χ1n) is 9.64. The summed E-state index contributed by atoms with van der Waals surface area (Å²) in [4.78, 5) is 15.6. The molecule has 0 aromatic heterocycles. The van der Waals surface area contributed by atoms with Crippen molar-refractivity contribution in [1.82, 2.24) is 4.90 Å². The van der Waals surface area contributed by atoms with Crippen molar-refractivity contribution in [3.63, 3.8) is 0 Å². The largest absolute Gasteiger partial charge is 0.500 e. The normalized spacial score (nSPS) is 26.1. The molecule has 1 amide bonds. The van der Waals surface area contributed by atoms with E-state index in [-0.39, 0.29) is 11.9 Å². The second-order valence-corrected chi connectivity index (χ2v) is 14.1. The number of carbonyl (C=O) groups excluding carboxylic acids is 1. The van der Waals surface area contributed by atoms with Crippen LogP contribution in [-0.4, -0.2) is 65.5 Å². The molecule has 0 radical (unpaired) electrons. The third-order valence-corrected chi connectivity index (χ3v) is 6.91. The lowest BCUT2D eigenvalue weighted by Gasteiger charge is -2.38. The van der Waals surface area contributed by atoms with Gasteiger partial charge in [-0.2, -0.15) is 0 Å². The van der Waals surface area contributed by atoms with Gasteiger partial charge >= 0.3 is 0 Å². The summed E-state index contributed by atoms with van der Waals surface area (Å²) in [5.41, 5.74) is -0.844. The lowest BCUT2D eigenvalue weighted by atomic mass is 9.81. The molecule has 2 rings (SSSR count). The van der Waals surface area contributed by atoms with Gasteiger partial charge in [-0.05, 0) is 31.4 Å². The summed E-state index contributed by atoms with van der Waals surface area (Å²) in [6, 6.07) is 1.23. The molecule has 0 bridgehead atoms. The molecular formula is C20H35NO4Si. The second kappa shape index (κ2) is 9.20.